The van der Waals surface area contributed by atoms with Gasteiger partial charge in [-0.3, -0.25) is 0 Å². The molecule has 3 aromatic rings. The van der Waals surface area contributed by atoms with E-state index in [1.165, 1.54) is 11.1 Å². The molecule has 0 saturated carbocycles. The lowest BCUT2D eigenvalue weighted by Gasteiger charge is -2.08. The summed E-state index contributed by atoms with van der Waals surface area (Å²) in [7, 11) is 0. The van der Waals surface area contributed by atoms with Crippen molar-refractivity contribution in [3.8, 4) is 6.07 Å². The Bertz CT molecular complexity index is 810. The van der Waals surface area contributed by atoms with Crippen molar-refractivity contribution in [2.45, 2.75) is 32.7 Å². The summed E-state index contributed by atoms with van der Waals surface area (Å²) in [5.74, 6) is 0.871. The Morgan fingerprint density at radius 1 is 1.14 bits per heavy atom. The molecule has 0 aliphatic carbocycles. The van der Waals surface area contributed by atoms with Gasteiger partial charge in [-0.05, 0) is 43.0 Å². The molecule has 3 heteroatoms. The maximum atomic E-state index is 9.02. The predicted octanol–water partition coefficient (Wildman–Crippen LogP) is 4.04. The molecule has 22 heavy (non-hydrogen) atoms. The zero-order valence-corrected chi connectivity index (χ0v) is 12.8. The second-order valence-corrected chi connectivity index (χ2v) is 5.60. The second-order valence-electron chi connectivity index (χ2n) is 5.60. The van der Waals surface area contributed by atoms with Gasteiger partial charge in [0.25, 0.3) is 0 Å². The SMILES string of the molecule is Cc1ccc2c(c1)nc(CC#N)n2CCCc1ccccc1. The number of aromatic nitrogens is 2. The van der Waals surface area contributed by atoms with Gasteiger partial charge in [0.15, 0.2) is 0 Å². The van der Waals surface area contributed by atoms with Crippen molar-refractivity contribution in [2.24, 2.45) is 0 Å². The molecule has 0 aliphatic heterocycles. The average Bonchev–Trinajstić information content (AvgIpc) is 2.85. The first-order chi connectivity index (χ1) is 10.8. The molecular weight excluding hydrogens is 270 g/mol. The maximum absolute atomic E-state index is 9.02. The number of fused-ring (bicyclic) bond motifs is 1. The van der Waals surface area contributed by atoms with Gasteiger partial charge in [-0.1, -0.05) is 36.4 Å². The molecule has 0 atom stereocenters. The van der Waals surface area contributed by atoms with Gasteiger partial charge in [0.1, 0.15) is 5.82 Å². The second kappa shape index (κ2) is 6.44. The van der Waals surface area contributed by atoms with Crippen LogP contribution < -0.4 is 0 Å². The summed E-state index contributed by atoms with van der Waals surface area (Å²) in [6, 6.07) is 19.0. The first kappa shape index (κ1) is 14.3. The highest BCUT2D eigenvalue weighted by atomic mass is 15.1. The number of rotatable bonds is 5. The van der Waals surface area contributed by atoms with Crippen molar-refractivity contribution in [3.63, 3.8) is 0 Å². The largest absolute Gasteiger partial charge is 0.327 e. The molecule has 2 aromatic carbocycles. The van der Waals surface area contributed by atoms with E-state index in [1.54, 1.807) is 0 Å². The number of imidazole rings is 1. The number of benzene rings is 2. The molecule has 0 fully saturated rings. The van der Waals surface area contributed by atoms with Crippen LogP contribution in [-0.4, -0.2) is 9.55 Å². The Hall–Kier alpha value is -2.60. The zero-order chi connectivity index (χ0) is 15.4. The third kappa shape index (κ3) is 3.01. The third-order valence-electron chi connectivity index (χ3n) is 3.91. The van der Waals surface area contributed by atoms with Gasteiger partial charge in [-0.25, -0.2) is 4.98 Å². The summed E-state index contributed by atoms with van der Waals surface area (Å²) in [5, 5.41) is 9.02. The molecule has 3 nitrogen and oxygen atoms in total. The minimum atomic E-state index is 0.360. The van der Waals surface area contributed by atoms with Crippen molar-refractivity contribution >= 4 is 11.0 Å². The lowest BCUT2D eigenvalue weighted by Crippen LogP contribution is -2.04. The van der Waals surface area contributed by atoms with Crippen LogP contribution in [0, 0.1) is 18.3 Å². The normalized spacial score (nSPS) is 10.7. The molecular formula is C19H19N3. The van der Waals surface area contributed by atoms with Crippen LogP contribution in [-0.2, 0) is 19.4 Å². The molecule has 0 spiro atoms. The number of hydrogen-bond donors (Lipinski definition) is 0. The monoisotopic (exact) mass is 289 g/mol. The van der Waals surface area contributed by atoms with Crippen molar-refractivity contribution in [3.05, 3.63) is 65.5 Å². The third-order valence-corrected chi connectivity index (χ3v) is 3.91. The number of nitrogens with zero attached hydrogens (tertiary/aromatic N) is 3. The fraction of sp³-hybridized carbons (Fsp3) is 0.263. The van der Waals surface area contributed by atoms with Crippen molar-refractivity contribution in [2.75, 3.05) is 0 Å². The topological polar surface area (TPSA) is 41.6 Å². The van der Waals surface area contributed by atoms with E-state index in [0.717, 1.165) is 36.2 Å². The van der Waals surface area contributed by atoms with Gasteiger partial charge in [-0.15, -0.1) is 0 Å². The van der Waals surface area contributed by atoms with Crippen molar-refractivity contribution in [1.82, 2.24) is 9.55 Å². The summed E-state index contributed by atoms with van der Waals surface area (Å²) in [5.41, 5.74) is 4.67. The van der Waals surface area contributed by atoms with Gasteiger partial charge in [0.05, 0.1) is 23.5 Å². The summed E-state index contributed by atoms with van der Waals surface area (Å²) in [6.45, 7) is 2.96. The molecule has 1 heterocycles. The minimum Gasteiger partial charge on any atom is -0.327 e. The molecule has 0 unspecified atom stereocenters. The number of hydrogen-bond acceptors (Lipinski definition) is 2. The lowest BCUT2D eigenvalue weighted by molar-refractivity contribution is 0.635. The van der Waals surface area contributed by atoms with Crippen LogP contribution in [0.3, 0.4) is 0 Å². The Morgan fingerprint density at radius 3 is 2.73 bits per heavy atom. The van der Waals surface area contributed by atoms with Gasteiger partial charge in [0, 0.05) is 6.54 Å². The van der Waals surface area contributed by atoms with E-state index in [1.807, 2.05) is 6.07 Å². The Kier molecular flexibility index (Phi) is 4.20. The van der Waals surface area contributed by atoms with Crippen LogP contribution in [0.2, 0.25) is 0 Å². The Labute approximate surface area is 130 Å². The Balaban J connectivity index is 1.82. The average molecular weight is 289 g/mol. The van der Waals surface area contributed by atoms with E-state index in [9.17, 15) is 0 Å². The standard InChI is InChI=1S/C19H19N3/c1-15-9-10-18-17(14-15)21-19(11-12-20)22(18)13-5-8-16-6-3-2-4-7-16/h2-4,6-7,9-10,14H,5,8,11,13H2,1H3. The van der Waals surface area contributed by atoms with Crippen LogP contribution in [0.4, 0.5) is 0 Å². The summed E-state index contributed by atoms with van der Waals surface area (Å²) in [6.07, 6.45) is 2.44. The molecule has 110 valence electrons. The highest BCUT2D eigenvalue weighted by Crippen LogP contribution is 2.19. The number of aryl methyl sites for hydroxylation is 3. The molecule has 0 bridgehead atoms. The first-order valence-corrected chi connectivity index (χ1v) is 7.64. The highest BCUT2D eigenvalue weighted by molar-refractivity contribution is 5.77. The quantitative estimate of drug-likeness (QED) is 0.711. The highest BCUT2D eigenvalue weighted by Gasteiger charge is 2.10. The maximum Gasteiger partial charge on any atom is 0.124 e. The van der Waals surface area contributed by atoms with Crippen LogP contribution in [0.5, 0.6) is 0 Å². The van der Waals surface area contributed by atoms with Gasteiger partial charge >= 0.3 is 0 Å². The fourth-order valence-electron chi connectivity index (χ4n) is 2.83. The summed E-state index contributed by atoms with van der Waals surface area (Å²) >= 11 is 0. The van der Waals surface area contributed by atoms with E-state index in [2.05, 4.69) is 65.0 Å². The molecule has 3 rings (SSSR count). The molecule has 0 aliphatic rings. The van der Waals surface area contributed by atoms with E-state index in [-0.39, 0.29) is 0 Å². The molecule has 0 N–H and O–H groups in total. The molecule has 0 radical (unpaired) electrons. The van der Waals surface area contributed by atoms with Crippen LogP contribution >= 0.6 is 0 Å². The van der Waals surface area contributed by atoms with Gasteiger partial charge in [-0.2, -0.15) is 5.26 Å². The molecule has 0 amide bonds. The molecule has 1 aromatic heterocycles. The number of nitriles is 1. The van der Waals surface area contributed by atoms with Crippen LogP contribution in [0.25, 0.3) is 11.0 Å². The first-order valence-electron chi connectivity index (χ1n) is 7.64. The fourth-order valence-corrected chi connectivity index (χ4v) is 2.83. The summed E-state index contributed by atoms with van der Waals surface area (Å²) < 4.78 is 2.20. The van der Waals surface area contributed by atoms with Crippen molar-refractivity contribution < 1.29 is 0 Å². The van der Waals surface area contributed by atoms with Crippen LogP contribution in [0.1, 0.15) is 23.4 Å². The molecule has 0 saturated heterocycles. The van der Waals surface area contributed by atoms with E-state index < -0.39 is 0 Å². The van der Waals surface area contributed by atoms with Gasteiger partial charge in [0.2, 0.25) is 0 Å². The summed E-state index contributed by atoms with van der Waals surface area (Å²) in [4.78, 5) is 4.63. The minimum absolute atomic E-state index is 0.360. The smallest absolute Gasteiger partial charge is 0.124 e. The Morgan fingerprint density at radius 2 is 1.95 bits per heavy atom. The van der Waals surface area contributed by atoms with E-state index in [0.29, 0.717) is 6.42 Å². The zero-order valence-electron chi connectivity index (χ0n) is 12.8. The lowest BCUT2D eigenvalue weighted by atomic mass is 10.1. The van der Waals surface area contributed by atoms with E-state index >= 15 is 0 Å². The van der Waals surface area contributed by atoms with E-state index in [4.69, 9.17) is 5.26 Å². The van der Waals surface area contributed by atoms with Crippen LogP contribution in [0.15, 0.2) is 48.5 Å². The van der Waals surface area contributed by atoms with Crippen molar-refractivity contribution in [1.29, 1.82) is 5.26 Å². The predicted molar refractivity (Wildman–Crippen MR) is 88.6 cm³/mol. The van der Waals surface area contributed by atoms with Gasteiger partial charge < -0.3 is 4.57 Å².